The fourth-order valence-corrected chi connectivity index (χ4v) is 1.64. The Morgan fingerprint density at radius 2 is 1.90 bits per heavy atom. The Balaban J connectivity index is 2.14. The van der Waals surface area contributed by atoms with Gasteiger partial charge in [-0.1, -0.05) is 6.07 Å². The first-order valence-corrected chi connectivity index (χ1v) is 5.85. The number of methoxy groups -OCH3 is 1. The summed E-state index contributed by atoms with van der Waals surface area (Å²) in [4.78, 5) is 4.07. The molecule has 6 heteroatoms. The Bertz CT molecular complexity index is 582. The van der Waals surface area contributed by atoms with Crippen molar-refractivity contribution >= 4 is 0 Å². The molecule has 106 valence electrons. The molecule has 20 heavy (non-hydrogen) atoms. The standard InChI is InChI=1S/C14H13F2NO3/c1-19-13-4-2-3-10(17-13)8-20-14-11(15)5-9(7-18)6-12(14)16/h2-6,18H,7-8H2,1H3. The maximum absolute atomic E-state index is 13.6. The largest absolute Gasteiger partial charge is 0.481 e. The molecule has 0 aliphatic rings. The molecule has 0 aliphatic heterocycles. The van der Waals surface area contributed by atoms with Crippen LogP contribution in [0.25, 0.3) is 0 Å². The minimum absolute atomic E-state index is 0.0937. The molecule has 1 aromatic carbocycles. The summed E-state index contributed by atoms with van der Waals surface area (Å²) in [5.74, 6) is -1.83. The van der Waals surface area contributed by atoms with Crippen molar-refractivity contribution in [2.24, 2.45) is 0 Å². The minimum atomic E-state index is -0.864. The number of ether oxygens (including phenoxy) is 2. The average molecular weight is 281 g/mol. The molecule has 0 fully saturated rings. The van der Waals surface area contributed by atoms with Gasteiger partial charge in [-0.2, -0.15) is 0 Å². The van der Waals surface area contributed by atoms with Crippen LogP contribution in [0.2, 0.25) is 0 Å². The third kappa shape index (κ3) is 3.21. The van der Waals surface area contributed by atoms with Crippen molar-refractivity contribution in [2.75, 3.05) is 7.11 Å². The van der Waals surface area contributed by atoms with E-state index in [0.29, 0.717) is 11.6 Å². The fourth-order valence-electron chi connectivity index (χ4n) is 1.64. The minimum Gasteiger partial charge on any atom is -0.481 e. The predicted molar refractivity (Wildman–Crippen MR) is 67.4 cm³/mol. The smallest absolute Gasteiger partial charge is 0.213 e. The molecule has 1 heterocycles. The van der Waals surface area contributed by atoms with Gasteiger partial charge in [0.2, 0.25) is 5.88 Å². The van der Waals surface area contributed by atoms with Crippen LogP contribution in [0.15, 0.2) is 30.3 Å². The van der Waals surface area contributed by atoms with E-state index in [-0.39, 0.29) is 12.2 Å². The van der Waals surface area contributed by atoms with Gasteiger partial charge in [-0.15, -0.1) is 0 Å². The van der Waals surface area contributed by atoms with Gasteiger partial charge in [0.05, 0.1) is 19.4 Å². The van der Waals surface area contributed by atoms with E-state index in [1.54, 1.807) is 18.2 Å². The molecule has 0 saturated carbocycles. The first kappa shape index (κ1) is 14.2. The average Bonchev–Trinajstić information content (AvgIpc) is 2.46. The molecule has 2 rings (SSSR count). The lowest BCUT2D eigenvalue weighted by Gasteiger charge is -2.09. The van der Waals surface area contributed by atoms with Crippen LogP contribution in [0.5, 0.6) is 11.6 Å². The van der Waals surface area contributed by atoms with E-state index in [4.69, 9.17) is 14.6 Å². The Morgan fingerprint density at radius 3 is 2.50 bits per heavy atom. The van der Waals surface area contributed by atoms with E-state index in [0.717, 1.165) is 12.1 Å². The molecule has 4 nitrogen and oxygen atoms in total. The normalized spacial score (nSPS) is 10.4. The Kier molecular flexibility index (Phi) is 4.47. The second kappa shape index (κ2) is 6.29. The summed E-state index contributed by atoms with van der Waals surface area (Å²) >= 11 is 0. The van der Waals surface area contributed by atoms with Crippen LogP contribution in [-0.2, 0) is 13.2 Å². The van der Waals surface area contributed by atoms with Gasteiger partial charge in [0.15, 0.2) is 17.4 Å². The van der Waals surface area contributed by atoms with Gasteiger partial charge in [0, 0.05) is 6.07 Å². The second-order valence-corrected chi connectivity index (χ2v) is 4.01. The van der Waals surface area contributed by atoms with Crippen LogP contribution >= 0.6 is 0 Å². The molecular formula is C14H13F2NO3. The lowest BCUT2D eigenvalue weighted by molar-refractivity contribution is 0.262. The van der Waals surface area contributed by atoms with Crippen molar-refractivity contribution < 1.29 is 23.4 Å². The molecular weight excluding hydrogens is 268 g/mol. The molecule has 1 aromatic heterocycles. The number of aromatic nitrogens is 1. The monoisotopic (exact) mass is 281 g/mol. The van der Waals surface area contributed by atoms with Crippen molar-refractivity contribution in [1.29, 1.82) is 0 Å². The first-order valence-electron chi connectivity index (χ1n) is 5.85. The zero-order valence-electron chi connectivity index (χ0n) is 10.8. The van der Waals surface area contributed by atoms with E-state index in [1.165, 1.54) is 7.11 Å². The van der Waals surface area contributed by atoms with Gasteiger partial charge in [-0.3, -0.25) is 0 Å². The summed E-state index contributed by atoms with van der Waals surface area (Å²) in [6, 6.07) is 7.06. The lowest BCUT2D eigenvalue weighted by atomic mass is 10.2. The highest BCUT2D eigenvalue weighted by Crippen LogP contribution is 2.24. The highest BCUT2D eigenvalue weighted by atomic mass is 19.1. The summed E-state index contributed by atoms with van der Waals surface area (Å²) < 4.78 is 37.3. The van der Waals surface area contributed by atoms with E-state index < -0.39 is 24.0 Å². The summed E-state index contributed by atoms with van der Waals surface area (Å²) in [5, 5.41) is 8.84. The van der Waals surface area contributed by atoms with Gasteiger partial charge in [-0.25, -0.2) is 13.8 Å². The van der Waals surface area contributed by atoms with Crippen molar-refractivity contribution in [3.63, 3.8) is 0 Å². The number of aliphatic hydroxyl groups is 1. The molecule has 0 radical (unpaired) electrons. The number of rotatable bonds is 5. The molecule has 0 amide bonds. The van der Waals surface area contributed by atoms with Gasteiger partial charge < -0.3 is 14.6 Å². The number of pyridine rings is 1. The number of hydrogen-bond acceptors (Lipinski definition) is 4. The van der Waals surface area contributed by atoms with E-state index in [2.05, 4.69) is 4.98 Å². The summed E-state index contributed by atoms with van der Waals surface area (Å²) in [6.45, 7) is -0.533. The van der Waals surface area contributed by atoms with Crippen molar-refractivity contribution in [3.8, 4) is 11.6 Å². The Morgan fingerprint density at radius 1 is 1.20 bits per heavy atom. The first-order chi connectivity index (χ1) is 9.63. The highest BCUT2D eigenvalue weighted by molar-refractivity contribution is 5.31. The quantitative estimate of drug-likeness (QED) is 0.914. The molecule has 0 bridgehead atoms. The van der Waals surface area contributed by atoms with Crippen molar-refractivity contribution in [1.82, 2.24) is 4.98 Å². The highest BCUT2D eigenvalue weighted by Gasteiger charge is 2.13. The van der Waals surface area contributed by atoms with Crippen LogP contribution < -0.4 is 9.47 Å². The third-order valence-corrected chi connectivity index (χ3v) is 2.60. The number of benzene rings is 1. The van der Waals surface area contributed by atoms with Gasteiger partial charge in [-0.05, 0) is 23.8 Å². The summed E-state index contributed by atoms with van der Waals surface area (Å²) in [7, 11) is 1.47. The van der Waals surface area contributed by atoms with E-state index in [9.17, 15) is 8.78 Å². The van der Waals surface area contributed by atoms with Crippen molar-refractivity contribution in [3.05, 3.63) is 53.2 Å². The molecule has 0 atom stereocenters. The number of hydrogen-bond donors (Lipinski definition) is 1. The maximum atomic E-state index is 13.6. The van der Waals surface area contributed by atoms with Crippen LogP contribution in [0.3, 0.4) is 0 Å². The molecule has 2 aromatic rings. The summed E-state index contributed by atoms with van der Waals surface area (Å²) in [6.07, 6.45) is 0. The molecule has 0 spiro atoms. The van der Waals surface area contributed by atoms with Gasteiger partial charge >= 0.3 is 0 Å². The third-order valence-electron chi connectivity index (χ3n) is 2.60. The predicted octanol–water partition coefficient (Wildman–Crippen LogP) is 2.44. The van der Waals surface area contributed by atoms with Crippen LogP contribution in [0, 0.1) is 11.6 Å². The molecule has 0 aliphatic carbocycles. The molecule has 1 N–H and O–H groups in total. The number of aliphatic hydroxyl groups excluding tert-OH is 1. The fraction of sp³-hybridized carbons (Fsp3) is 0.214. The van der Waals surface area contributed by atoms with Crippen LogP contribution in [0.4, 0.5) is 8.78 Å². The zero-order chi connectivity index (χ0) is 14.5. The zero-order valence-corrected chi connectivity index (χ0v) is 10.8. The van der Waals surface area contributed by atoms with E-state index in [1.807, 2.05) is 0 Å². The number of halogens is 2. The molecule has 0 unspecified atom stereocenters. The second-order valence-electron chi connectivity index (χ2n) is 4.01. The summed E-state index contributed by atoms with van der Waals surface area (Å²) in [5.41, 5.74) is 0.626. The topological polar surface area (TPSA) is 51.6 Å². The Labute approximate surface area is 114 Å². The SMILES string of the molecule is COc1cccc(COc2c(F)cc(CO)cc2F)n1. The number of nitrogens with zero attached hydrogens (tertiary/aromatic N) is 1. The Hall–Kier alpha value is -2.21. The molecule has 0 saturated heterocycles. The van der Waals surface area contributed by atoms with Crippen LogP contribution in [0.1, 0.15) is 11.3 Å². The van der Waals surface area contributed by atoms with Crippen molar-refractivity contribution in [2.45, 2.75) is 13.2 Å². The lowest BCUT2D eigenvalue weighted by Crippen LogP contribution is -2.03. The van der Waals surface area contributed by atoms with E-state index >= 15 is 0 Å². The van der Waals surface area contributed by atoms with Gasteiger partial charge in [0.25, 0.3) is 0 Å². The van der Waals surface area contributed by atoms with Gasteiger partial charge in [0.1, 0.15) is 6.61 Å². The maximum Gasteiger partial charge on any atom is 0.213 e. The van der Waals surface area contributed by atoms with Crippen LogP contribution in [-0.4, -0.2) is 17.2 Å².